The molecule has 1 aromatic carbocycles. The first kappa shape index (κ1) is 31.6. The van der Waals surface area contributed by atoms with Crippen LogP contribution in [0.4, 0.5) is 19.4 Å². The summed E-state index contributed by atoms with van der Waals surface area (Å²) in [7, 11) is 0. The Morgan fingerprint density at radius 3 is 2.43 bits per heavy atom. The van der Waals surface area contributed by atoms with Crippen molar-refractivity contribution < 1.29 is 32.6 Å². The Hall–Kier alpha value is -3.82. The predicted molar refractivity (Wildman–Crippen MR) is 158 cm³/mol. The van der Waals surface area contributed by atoms with Crippen molar-refractivity contribution in [3.8, 4) is 12.3 Å². The minimum Gasteiger partial charge on any atom is -0.444 e. The first-order valence-corrected chi connectivity index (χ1v) is 14.8. The van der Waals surface area contributed by atoms with E-state index in [1.54, 1.807) is 30.9 Å². The number of alkyl halides is 2. The lowest BCUT2D eigenvalue weighted by Gasteiger charge is -2.58. The second-order valence-electron chi connectivity index (χ2n) is 12.8. The number of anilines is 1. The molecule has 3 fully saturated rings. The number of hydrogen-bond donors (Lipinski definition) is 2. The van der Waals surface area contributed by atoms with Gasteiger partial charge in [0.1, 0.15) is 23.3 Å². The van der Waals surface area contributed by atoms with E-state index in [1.165, 1.54) is 6.07 Å². The van der Waals surface area contributed by atoms with Crippen molar-refractivity contribution in [3.05, 3.63) is 52.0 Å². The van der Waals surface area contributed by atoms with Gasteiger partial charge in [0.05, 0.1) is 30.9 Å². The van der Waals surface area contributed by atoms with E-state index < -0.39 is 24.4 Å². The largest absolute Gasteiger partial charge is 0.444 e. The maximum Gasteiger partial charge on any atom is 0.410 e. The highest BCUT2D eigenvalue weighted by Crippen LogP contribution is 2.48. The van der Waals surface area contributed by atoms with Crippen LogP contribution in [0.25, 0.3) is 0 Å². The molecule has 1 spiro atoms. The second-order valence-corrected chi connectivity index (χ2v) is 12.8. The number of terminal acetylenes is 1. The first-order chi connectivity index (χ1) is 20.8. The highest BCUT2D eigenvalue weighted by atomic mass is 19.3. The quantitative estimate of drug-likeness (QED) is 0.405. The molecule has 5 rings (SSSR count). The summed E-state index contributed by atoms with van der Waals surface area (Å²) in [5.41, 5.74) is 1.14. The number of nitrogens with one attached hydrogen (secondary N) is 2. The molecule has 3 aliphatic rings. The highest BCUT2D eigenvalue weighted by Gasteiger charge is 2.54. The Bertz CT molecular complexity index is 1450. The van der Waals surface area contributed by atoms with Gasteiger partial charge in [-0.15, -0.1) is 6.42 Å². The minimum atomic E-state index is -2.64. The minimum absolute atomic E-state index is 0.0119. The van der Waals surface area contributed by atoms with E-state index in [1.807, 2.05) is 20.8 Å². The van der Waals surface area contributed by atoms with Gasteiger partial charge in [0.25, 0.3) is 6.43 Å². The van der Waals surface area contributed by atoms with Crippen LogP contribution >= 0.6 is 0 Å². The molecule has 0 bridgehead atoms. The van der Waals surface area contributed by atoms with E-state index in [-0.39, 0.29) is 35.4 Å². The number of halogens is 2. The van der Waals surface area contributed by atoms with Gasteiger partial charge in [-0.25, -0.2) is 23.5 Å². The summed E-state index contributed by atoms with van der Waals surface area (Å²) < 4.78 is 44.2. The fraction of sp³-hybridized carbons (Fsp3) is 0.562. The molecule has 2 saturated heterocycles. The van der Waals surface area contributed by atoms with Gasteiger partial charge in [0.2, 0.25) is 5.91 Å². The summed E-state index contributed by atoms with van der Waals surface area (Å²) in [6.07, 6.45) is 3.59. The van der Waals surface area contributed by atoms with Gasteiger partial charge in [-0.3, -0.25) is 4.79 Å². The number of aromatic nitrogens is 2. The molecule has 10 nitrogen and oxygen atoms in total. The van der Waals surface area contributed by atoms with Gasteiger partial charge >= 0.3 is 6.09 Å². The standard InChI is InChI=1S/C32H39F2N5O5/c1-7-23(21-9-8-10-22(18(21)2)27(33)34)38-28-26(29-42-11-12-43-29)24(35-19(3)36-28)13-25(40)37-20-14-32(15-20)16-39(17-32)30(41)44-31(4,5)6/h1,8-10,20,23,27,29H,11-17H2,2-6H3,(H,37,40)(H,35,36,38). The number of rotatable bonds is 8. The Morgan fingerprint density at radius 1 is 1.16 bits per heavy atom. The fourth-order valence-corrected chi connectivity index (χ4v) is 6.22. The van der Waals surface area contributed by atoms with E-state index in [0.29, 0.717) is 60.3 Å². The summed E-state index contributed by atoms with van der Waals surface area (Å²) in [5.74, 6) is 3.14. The van der Waals surface area contributed by atoms with Gasteiger partial charge in [0.15, 0.2) is 6.29 Å². The molecular weight excluding hydrogens is 572 g/mol. The van der Waals surface area contributed by atoms with Gasteiger partial charge in [-0.05, 0) is 58.6 Å². The molecule has 1 saturated carbocycles. The molecule has 1 aliphatic carbocycles. The number of ether oxygens (including phenoxy) is 3. The van der Waals surface area contributed by atoms with Crippen LogP contribution in [0.5, 0.6) is 0 Å². The van der Waals surface area contributed by atoms with Crippen molar-refractivity contribution in [1.82, 2.24) is 20.2 Å². The van der Waals surface area contributed by atoms with E-state index in [4.69, 9.17) is 20.6 Å². The molecule has 236 valence electrons. The highest BCUT2D eigenvalue weighted by molar-refractivity contribution is 5.79. The number of likely N-dealkylation sites (tertiary alicyclic amines) is 1. The van der Waals surface area contributed by atoms with Gasteiger partial charge in [-0.2, -0.15) is 0 Å². The third kappa shape index (κ3) is 6.79. The predicted octanol–water partition coefficient (Wildman–Crippen LogP) is 4.92. The summed E-state index contributed by atoms with van der Waals surface area (Å²) in [5, 5.41) is 6.29. The summed E-state index contributed by atoms with van der Waals surface area (Å²) in [6.45, 7) is 10.8. The normalized spacial score (nSPS) is 18.8. The van der Waals surface area contributed by atoms with Crippen LogP contribution in [0, 0.1) is 31.6 Å². The van der Waals surface area contributed by atoms with Crippen molar-refractivity contribution in [3.63, 3.8) is 0 Å². The molecule has 2 amide bonds. The molecule has 1 atom stereocenters. The van der Waals surface area contributed by atoms with E-state index in [2.05, 4.69) is 26.5 Å². The molecule has 2 aromatic rings. The lowest BCUT2D eigenvalue weighted by molar-refractivity contribution is -0.126. The zero-order valence-corrected chi connectivity index (χ0v) is 25.7. The Kier molecular flexibility index (Phi) is 8.82. The number of aryl methyl sites for hydroxylation is 1. The zero-order chi connectivity index (χ0) is 31.8. The summed E-state index contributed by atoms with van der Waals surface area (Å²) in [4.78, 5) is 36.4. The Morgan fingerprint density at radius 2 is 1.82 bits per heavy atom. The maximum absolute atomic E-state index is 13.6. The first-order valence-electron chi connectivity index (χ1n) is 14.8. The van der Waals surface area contributed by atoms with Crippen LogP contribution in [0.1, 0.15) is 86.1 Å². The van der Waals surface area contributed by atoms with Crippen LogP contribution in [0.15, 0.2) is 18.2 Å². The molecule has 1 aromatic heterocycles. The number of nitrogens with zero attached hydrogens (tertiary/aromatic N) is 3. The fourth-order valence-electron chi connectivity index (χ4n) is 6.22. The van der Waals surface area contributed by atoms with Gasteiger partial charge < -0.3 is 29.7 Å². The second kappa shape index (κ2) is 12.3. The summed E-state index contributed by atoms with van der Waals surface area (Å²) in [6, 6.07) is 3.81. The smallest absolute Gasteiger partial charge is 0.410 e. The molecule has 2 N–H and O–H groups in total. The van der Waals surface area contributed by atoms with Crippen LogP contribution in [-0.4, -0.2) is 64.8 Å². The van der Waals surface area contributed by atoms with Crippen LogP contribution in [0.3, 0.4) is 0 Å². The third-order valence-corrected chi connectivity index (χ3v) is 8.16. The number of carbonyl (C=O) groups excluding carboxylic acids is 2. The molecule has 2 aliphatic heterocycles. The SMILES string of the molecule is C#CC(Nc1nc(C)nc(CC(=O)NC2CC3(C2)CN(C(=O)OC(C)(C)C)C3)c1C1OCCO1)c1cccc(C(F)F)c1C. The van der Waals surface area contributed by atoms with Crippen molar-refractivity contribution in [2.45, 2.75) is 84.3 Å². The van der Waals surface area contributed by atoms with E-state index in [0.717, 1.165) is 12.8 Å². The molecule has 3 heterocycles. The van der Waals surface area contributed by atoms with Crippen LogP contribution in [-0.2, 0) is 25.4 Å². The van der Waals surface area contributed by atoms with Gasteiger partial charge in [0, 0.05) is 30.1 Å². The van der Waals surface area contributed by atoms with Crippen LogP contribution in [0.2, 0.25) is 0 Å². The molecular formula is C32H39F2N5O5. The van der Waals surface area contributed by atoms with E-state index in [9.17, 15) is 18.4 Å². The molecule has 1 unspecified atom stereocenters. The van der Waals surface area contributed by atoms with Crippen molar-refractivity contribution >= 4 is 17.8 Å². The average Bonchev–Trinajstić information content (AvgIpc) is 3.41. The lowest BCUT2D eigenvalue weighted by Crippen LogP contribution is -2.68. The molecule has 12 heteroatoms. The Labute approximate surface area is 256 Å². The summed E-state index contributed by atoms with van der Waals surface area (Å²) >= 11 is 0. The monoisotopic (exact) mass is 611 g/mol. The topological polar surface area (TPSA) is 115 Å². The number of carbonyl (C=O) groups is 2. The number of hydrogen-bond acceptors (Lipinski definition) is 8. The number of amides is 2. The van der Waals surface area contributed by atoms with Crippen molar-refractivity contribution in [1.29, 1.82) is 0 Å². The van der Waals surface area contributed by atoms with Crippen LogP contribution < -0.4 is 10.6 Å². The molecule has 0 radical (unpaired) electrons. The third-order valence-electron chi connectivity index (χ3n) is 8.16. The zero-order valence-electron chi connectivity index (χ0n) is 25.7. The lowest BCUT2D eigenvalue weighted by atomic mass is 9.61. The average molecular weight is 612 g/mol. The Balaban J connectivity index is 1.28. The molecule has 44 heavy (non-hydrogen) atoms. The van der Waals surface area contributed by atoms with Gasteiger partial charge in [-0.1, -0.05) is 24.1 Å². The van der Waals surface area contributed by atoms with Crippen molar-refractivity contribution in [2.24, 2.45) is 5.41 Å². The number of benzene rings is 1. The van der Waals surface area contributed by atoms with Crippen molar-refractivity contribution in [2.75, 3.05) is 31.6 Å². The van der Waals surface area contributed by atoms with E-state index >= 15 is 0 Å². The maximum atomic E-state index is 13.6.